The van der Waals surface area contributed by atoms with E-state index in [1.54, 1.807) is 30.3 Å². The zero-order chi connectivity index (χ0) is 32.9. The van der Waals surface area contributed by atoms with Gasteiger partial charge in [-0.2, -0.15) is 18.6 Å². The number of methoxy groups -OCH3 is 1. The molecule has 4 rings (SSSR count). The number of carbonyl (C=O) groups is 7. The lowest BCUT2D eigenvalue weighted by Gasteiger charge is -2.48. The molecule has 45 heavy (non-hydrogen) atoms. The van der Waals surface area contributed by atoms with E-state index in [0.717, 1.165) is 7.11 Å². The third kappa shape index (κ3) is 6.73. The molecule has 2 saturated heterocycles. The third-order valence-electron chi connectivity index (χ3n) is 6.60. The number of likely N-dealkylation sites (tertiary alicyclic amines) is 1. The fraction of sp³-hybridized carbons (Fsp3) is 0.333. The average Bonchev–Trinajstić information content (AvgIpc) is 3.46. The molecule has 1 aromatic carbocycles. The maximum absolute atomic E-state index is 13.7. The van der Waals surface area contributed by atoms with E-state index in [4.69, 9.17) is 9.47 Å². The lowest BCUT2D eigenvalue weighted by Crippen LogP contribution is -2.90. The lowest BCUT2D eigenvalue weighted by molar-refractivity contribution is -0.868. The molecule has 240 valence electrons. The van der Waals surface area contributed by atoms with Crippen LogP contribution in [0.25, 0.3) is 0 Å². The SMILES string of the molecule is COC(=O)OCC1[C@H](NC(=O)OCc2ccccc2)C(=O)[N@+]1(NC(=O)C1=CC(=O)C(O)C=N1)C(=O)NS(=O)(=O)N1CCNC1=O. The average molecular weight is 653 g/mol. The van der Waals surface area contributed by atoms with Gasteiger partial charge in [0, 0.05) is 18.8 Å². The van der Waals surface area contributed by atoms with Gasteiger partial charge in [0.2, 0.25) is 6.04 Å². The minimum atomic E-state index is -4.98. The van der Waals surface area contributed by atoms with Crippen molar-refractivity contribution in [2.75, 3.05) is 26.8 Å². The van der Waals surface area contributed by atoms with Crippen LogP contribution in [0.2, 0.25) is 0 Å². The van der Waals surface area contributed by atoms with Crippen molar-refractivity contribution < 1.29 is 65.9 Å². The van der Waals surface area contributed by atoms with E-state index in [1.807, 2.05) is 5.43 Å². The van der Waals surface area contributed by atoms with Crippen LogP contribution in [0, 0.1) is 0 Å². The number of nitrogens with one attached hydrogen (secondary N) is 4. The van der Waals surface area contributed by atoms with Crippen molar-refractivity contribution in [1.29, 1.82) is 0 Å². The maximum atomic E-state index is 13.7. The minimum absolute atomic E-state index is 0.0949. The Labute approximate surface area is 253 Å². The molecule has 0 bridgehead atoms. The first-order valence-electron chi connectivity index (χ1n) is 12.8. The molecule has 1 aromatic rings. The number of ether oxygens (including phenoxy) is 3. The molecule has 5 N–H and O–H groups in total. The fourth-order valence-corrected chi connectivity index (χ4v) is 5.43. The Hall–Kier alpha value is -5.41. The quantitative estimate of drug-likeness (QED) is 0.112. The second kappa shape index (κ2) is 13.1. The molecule has 0 spiro atoms. The molecule has 2 fully saturated rings. The number of quaternary nitrogens is 1. The van der Waals surface area contributed by atoms with Gasteiger partial charge in [0.15, 0.2) is 24.5 Å². The number of carbonyl (C=O) groups excluding carboxylic acids is 7. The van der Waals surface area contributed by atoms with Crippen LogP contribution in [-0.4, -0.2) is 116 Å². The van der Waals surface area contributed by atoms with Crippen molar-refractivity contribution in [3.05, 3.63) is 47.7 Å². The highest BCUT2D eigenvalue weighted by atomic mass is 32.2. The molecule has 4 atom stereocenters. The van der Waals surface area contributed by atoms with Crippen LogP contribution >= 0.6 is 0 Å². The van der Waals surface area contributed by atoms with Gasteiger partial charge in [-0.25, -0.2) is 28.3 Å². The van der Waals surface area contributed by atoms with E-state index in [0.29, 0.717) is 17.9 Å². The summed E-state index contributed by atoms with van der Waals surface area (Å²) in [5.74, 6) is -3.72. The van der Waals surface area contributed by atoms with Crippen molar-refractivity contribution in [3.8, 4) is 0 Å². The standard InChI is InChI=1S/C24H25N7O13S/c1-42-24(39)44-12-15-18(27-23(38)43-11-13-5-3-2-4-6-13)20(35)31(15,28-19(34)14-9-16(32)17(33)10-26-14)22(37)29-45(40,41)30-8-7-25-21(30)36/h2-6,9-10,15,17-18,33H,7-8,11-12H2,1H3,(H3-,25,27,28,29,34,36,37,38)/p+1/t15?,17?,18-,31-/m0/s1. The van der Waals surface area contributed by atoms with Crippen LogP contribution in [0.3, 0.4) is 0 Å². The Balaban J connectivity index is 1.66. The summed E-state index contributed by atoms with van der Waals surface area (Å²) in [6.45, 7) is -1.67. The summed E-state index contributed by atoms with van der Waals surface area (Å²) in [6, 6.07) is 1.99. The van der Waals surface area contributed by atoms with E-state index in [1.165, 1.54) is 4.72 Å². The summed E-state index contributed by atoms with van der Waals surface area (Å²) in [6.07, 6.45) is -2.87. The normalized spacial score (nSPS) is 24.0. The lowest BCUT2D eigenvalue weighted by atomic mass is 9.94. The number of aliphatic hydroxyl groups is 1. The van der Waals surface area contributed by atoms with Crippen LogP contribution in [0.1, 0.15) is 5.56 Å². The highest BCUT2D eigenvalue weighted by molar-refractivity contribution is 7.88. The van der Waals surface area contributed by atoms with Crippen LogP contribution in [0.5, 0.6) is 0 Å². The molecule has 2 unspecified atom stereocenters. The summed E-state index contributed by atoms with van der Waals surface area (Å²) >= 11 is 0. The predicted octanol–water partition coefficient (Wildman–Crippen LogP) is -2.30. The Bertz CT molecular complexity index is 1600. The number of nitrogens with zero attached hydrogens (tertiary/aromatic N) is 3. The first-order valence-corrected chi connectivity index (χ1v) is 14.3. The zero-order valence-electron chi connectivity index (χ0n) is 23.2. The number of aliphatic hydroxyl groups excluding tert-OH is 1. The van der Waals surface area contributed by atoms with E-state index in [2.05, 4.69) is 20.4 Å². The molecule has 0 aromatic heterocycles. The minimum Gasteiger partial charge on any atom is -0.445 e. The number of hydrogen-bond acceptors (Lipinski definition) is 14. The summed E-state index contributed by atoms with van der Waals surface area (Å²) in [5.41, 5.74) is 1.85. The highest BCUT2D eigenvalue weighted by Crippen LogP contribution is 2.31. The van der Waals surface area contributed by atoms with Gasteiger partial charge >= 0.3 is 46.3 Å². The molecule has 21 heteroatoms. The van der Waals surface area contributed by atoms with E-state index < -0.39 is 87.2 Å². The Morgan fingerprint density at radius 2 is 1.84 bits per heavy atom. The van der Waals surface area contributed by atoms with Crippen LogP contribution < -0.4 is 20.8 Å². The predicted molar refractivity (Wildman–Crippen MR) is 144 cm³/mol. The largest absolute Gasteiger partial charge is 0.508 e. The Morgan fingerprint density at radius 3 is 2.47 bits per heavy atom. The molecule has 3 heterocycles. The number of β-lactam (4-membered cyclic amide) rings is 1. The molecule has 7 amide bonds. The molecule has 0 radical (unpaired) electrons. The van der Waals surface area contributed by atoms with E-state index in [-0.39, 0.29) is 24.0 Å². The van der Waals surface area contributed by atoms with Gasteiger partial charge in [-0.15, -0.1) is 0 Å². The third-order valence-corrected chi connectivity index (χ3v) is 7.96. The van der Waals surface area contributed by atoms with Gasteiger partial charge in [-0.05, 0) is 5.56 Å². The zero-order valence-corrected chi connectivity index (χ0v) is 24.0. The van der Waals surface area contributed by atoms with Gasteiger partial charge < -0.3 is 30.0 Å². The number of alkyl carbamates (subject to hydrolysis) is 1. The van der Waals surface area contributed by atoms with E-state index in [9.17, 15) is 47.1 Å². The smallest absolute Gasteiger partial charge is 0.445 e. The van der Waals surface area contributed by atoms with Crippen molar-refractivity contribution >= 4 is 58.3 Å². The van der Waals surface area contributed by atoms with Crippen LogP contribution in [0.15, 0.2) is 47.1 Å². The molecular weight excluding hydrogens is 626 g/mol. The summed E-state index contributed by atoms with van der Waals surface area (Å²) in [7, 11) is -4.04. The van der Waals surface area contributed by atoms with Gasteiger partial charge in [-0.1, -0.05) is 34.9 Å². The van der Waals surface area contributed by atoms with Crippen molar-refractivity contribution in [3.63, 3.8) is 0 Å². The van der Waals surface area contributed by atoms with E-state index >= 15 is 0 Å². The first kappa shape index (κ1) is 32.5. The topological polar surface area (TPSA) is 265 Å². The summed E-state index contributed by atoms with van der Waals surface area (Å²) in [5, 5.41) is 14.0. The molecular formula is C24H26N7O13S+. The summed E-state index contributed by atoms with van der Waals surface area (Å²) < 4.78 is 40.0. The number of imide groups is 1. The van der Waals surface area contributed by atoms with Crippen LogP contribution in [-0.2, 0) is 45.4 Å². The monoisotopic (exact) mass is 652 g/mol. The number of urea groups is 2. The maximum Gasteiger partial charge on any atom is 0.508 e. The number of rotatable bonds is 8. The van der Waals surface area contributed by atoms with Crippen molar-refractivity contribution in [2.24, 2.45) is 4.99 Å². The van der Waals surface area contributed by atoms with Crippen LogP contribution in [0.4, 0.5) is 19.2 Å². The van der Waals surface area contributed by atoms with Crippen molar-refractivity contribution in [2.45, 2.75) is 24.8 Å². The molecule has 0 saturated carbocycles. The van der Waals surface area contributed by atoms with Gasteiger partial charge in [0.05, 0.1) is 13.7 Å². The van der Waals surface area contributed by atoms with Gasteiger partial charge in [-0.3, -0.25) is 14.6 Å². The Kier molecular flexibility index (Phi) is 9.44. The van der Waals surface area contributed by atoms with Crippen molar-refractivity contribution in [1.82, 2.24) is 25.1 Å². The number of benzene rings is 1. The van der Waals surface area contributed by atoms with Gasteiger partial charge in [0.25, 0.3) is 0 Å². The number of ketones is 1. The first-order chi connectivity index (χ1) is 21.3. The fourth-order valence-electron chi connectivity index (χ4n) is 4.34. The van der Waals surface area contributed by atoms with Gasteiger partial charge in [0.1, 0.15) is 12.3 Å². The highest BCUT2D eigenvalue weighted by Gasteiger charge is 2.72. The molecule has 20 nitrogen and oxygen atoms in total. The number of amides is 7. The molecule has 3 aliphatic rings. The number of aliphatic imine (C=N–C) groups is 1. The second-order valence-corrected chi connectivity index (χ2v) is 11.0. The molecule has 0 aliphatic carbocycles. The second-order valence-electron chi connectivity index (χ2n) is 9.39. The Morgan fingerprint density at radius 1 is 1.13 bits per heavy atom. The molecule has 3 aliphatic heterocycles. The summed E-state index contributed by atoms with van der Waals surface area (Å²) in [4.78, 5) is 92.4. The number of hydrogen-bond donors (Lipinski definition) is 5.